The molecular formula is C40H30N4O2. The van der Waals surface area contributed by atoms with Crippen molar-refractivity contribution in [1.29, 1.82) is 0 Å². The van der Waals surface area contributed by atoms with E-state index in [2.05, 4.69) is 85.2 Å². The van der Waals surface area contributed by atoms with Crippen LogP contribution in [-0.4, -0.2) is 33.8 Å². The van der Waals surface area contributed by atoms with E-state index in [9.17, 15) is 0 Å². The van der Waals surface area contributed by atoms with Crippen LogP contribution in [0.2, 0.25) is 0 Å². The molecule has 222 valence electrons. The molecule has 0 radical (unpaired) electrons. The van der Waals surface area contributed by atoms with Crippen molar-refractivity contribution in [3.8, 4) is 33.8 Å². The molecule has 0 unspecified atom stereocenters. The fourth-order valence-electron chi connectivity index (χ4n) is 7.20. The van der Waals surface area contributed by atoms with Gasteiger partial charge in [-0.15, -0.1) is 0 Å². The van der Waals surface area contributed by atoms with E-state index in [1.165, 1.54) is 32.7 Å². The van der Waals surface area contributed by atoms with Crippen LogP contribution in [0.3, 0.4) is 0 Å². The Labute approximate surface area is 265 Å². The monoisotopic (exact) mass is 598 g/mol. The Morgan fingerprint density at radius 1 is 0.457 bits per heavy atom. The summed E-state index contributed by atoms with van der Waals surface area (Å²) in [6.07, 6.45) is 4.18. The normalized spacial score (nSPS) is 11.9. The number of hydrogen-bond donors (Lipinski definition) is 0. The molecule has 0 spiro atoms. The molecule has 0 amide bonds. The molecular weight excluding hydrogens is 568 g/mol. The van der Waals surface area contributed by atoms with Crippen LogP contribution in [-0.2, 0) is 14.1 Å². The lowest BCUT2D eigenvalue weighted by Crippen LogP contribution is -1.91. The van der Waals surface area contributed by atoms with Crippen LogP contribution in [0.4, 0.5) is 0 Å². The largest absolute Gasteiger partial charge is 0.497 e. The fraction of sp³-hybridized carbons (Fsp3) is 0.100. The molecule has 0 fully saturated rings. The molecule has 0 N–H and O–H groups in total. The molecule has 0 atom stereocenters. The van der Waals surface area contributed by atoms with E-state index in [0.717, 1.165) is 66.0 Å². The number of benzene rings is 7. The first-order valence-corrected chi connectivity index (χ1v) is 15.3. The standard InChI is InChI=1S/C40H30N4O2/c1-43-21-25-9-15-31-33(23-5-11-29(45-3)12-6-23)17-27-20-36-28(19-35(27)37(31)39(25)41-43)18-34(24-7-13-30(46-4)14-8-24)32-16-10-26-22-44(2)42-40(26)38(32)36/h5-22H,1-4H3. The maximum absolute atomic E-state index is 5.48. The SMILES string of the molecule is COc1ccc(-c2cc3cc4c(cc(-c5ccc(OC)cc5)c5ccc6cn(C)nc6c54)cc3c3c2ccc2cn(C)nc23)cc1. The summed E-state index contributed by atoms with van der Waals surface area (Å²) < 4.78 is 14.8. The summed E-state index contributed by atoms with van der Waals surface area (Å²) in [6, 6.07) is 34.8. The second kappa shape index (κ2) is 9.81. The number of methoxy groups -OCH3 is 2. The third kappa shape index (κ3) is 3.90. The van der Waals surface area contributed by atoms with Gasteiger partial charge in [-0.2, -0.15) is 10.2 Å². The average molecular weight is 599 g/mol. The number of rotatable bonds is 4. The molecule has 2 heterocycles. The molecule has 6 heteroatoms. The van der Waals surface area contributed by atoms with E-state index >= 15 is 0 Å². The first kappa shape index (κ1) is 26.5. The first-order chi connectivity index (χ1) is 22.5. The highest BCUT2D eigenvalue weighted by molar-refractivity contribution is 6.29. The Kier molecular flexibility index (Phi) is 5.66. The van der Waals surface area contributed by atoms with E-state index in [1.54, 1.807) is 14.2 Å². The summed E-state index contributed by atoms with van der Waals surface area (Å²) in [5, 5.41) is 21.5. The second-order valence-electron chi connectivity index (χ2n) is 12.1. The van der Waals surface area contributed by atoms with Crippen LogP contribution in [0.1, 0.15) is 0 Å². The number of nitrogens with zero attached hydrogens (tertiary/aromatic N) is 4. The maximum atomic E-state index is 5.48. The summed E-state index contributed by atoms with van der Waals surface area (Å²) in [4.78, 5) is 0. The third-order valence-corrected chi connectivity index (χ3v) is 9.33. The predicted molar refractivity (Wildman–Crippen MR) is 189 cm³/mol. The zero-order chi connectivity index (χ0) is 31.1. The Bertz CT molecular complexity index is 2480. The van der Waals surface area contributed by atoms with Crippen molar-refractivity contribution in [2.24, 2.45) is 14.1 Å². The summed E-state index contributed by atoms with van der Waals surface area (Å²) in [5.74, 6) is 1.68. The van der Waals surface area contributed by atoms with Crippen LogP contribution in [0.15, 0.2) is 109 Å². The Hall–Kier alpha value is -5.88. The van der Waals surface area contributed by atoms with Gasteiger partial charge in [0.25, 0.3) is 0 Å². The van der Waals surface area contributed by atoms with Crippen molar-refractivity contribution < 1.29 is 9.47 Å². The molecule has 0 aliphatic rings. The van der Waals surface area contributed by atoms with Crippen LogP contribution in [0, 0.1) is 0 Å². The molecule has 0 bridgehead atoms. The number of aryl methyl sites for hydroxylation is 2. The van der Waals surface area contributed by atoms with Gasteiger partial charge in [-0.3, -0.25) is 9.36 Å². The fourth-order valence-corrected chi connectivity index (χ4v) is 7.20. The van der Waals surface area contributed by atoms with Crippen LogP contribution in [0.5, 0.6) is 11.5 Å². The molecule has 0 saturated heterocycles. The highest BCUT2D eigenvalue weighted by atomic mass is 16.5. The minimum Gasteiger partial charge on any atom is -0.497 e. The van der Waals surface area contributed by atoms with E-state index in [1.807, 2.05) is 47.7 Å². The molecule has 46 heavy (non-hydrogen) atoms. The lowest BCUT2D eigenvalue weighted by molar-refractivity contribution is 0.415. The predicted octanol–water partition coefficient (Wildman–Crippen LogP) is 9.42. The molecule has 6 nitrogen and oxygen atoms in total. The van der Waals surface area contributed by atoms with E-state index in [4.69, 9.17) is 19.7 Å². The average Bonchev–Trinajstić information content (AvgIpc) is 3.67. The van der Waals surface area contributed by atoms with Gasteiger partial charge < -0.3 is 9.47 Å². The van der Waals surface area contributed by atoms with Gasteiger partial charge in [0.2, 0.25) is 0 Å². The highest BCUT2D eigenvalue weighted by Gasteiger charge is 2.18. The number of fused-ring (bicyclic) bond motifs is 10. The van der Waals surface area contributed by atoms with Gasteiger partial charge in [0.05, 0.1) is 14.2 Å². The quantitative estimate of drug-likeness (QED) is 0.150. The zero-order valence-electron chi connectivity index (χ0n) is 26.0. The van der Waals surface area contributed by atoms with Gasteiger partial charge in [-0.05, 0) is 103 Å². The minimum atomic E-state index is 0.838. The summed E-state index contributed by atoms with van der Waals surface area (Å²) >= 11 is 0. The number of ether oxygens (including phenoxy) is 2. The maximum Gasteiger partial charge on any atom is 0.118 e. The minimum absolute atomic E-state index is 0.838. The molecule has 0 saturated carbocycles. The molecule has 9 rings (SSSR count). The number of hydrogen-bond acceptors (Lipinski definition) is 4. The van der Waals surface area contributed by atoms with Gasteiger partial charge in [-0.25, -0.2) is 0 Å². The van der Waals surface area contributed by atoms with Crippen molar-refractivity contribution in [2.75, 3.05) is 14.2 Å². The van der Waals surface area contributed by atoms with E-state index < -0.39 is 0 Å². The third-order valence-electron chi connectivity index (χ3n) is 9.33. The van der Waals surface area contributed by atoms with Gasteiger partial charge in [-0.1, -0.05) is 48.5 Å². The van der Waals surface area contributed by atoms with Crippen molar-refractivity contribution in [2.45, 2.75) is 0 Å². The molecule has 7 aromatic carbocycles. The van der Waals surface area contributed by atoms with Crippen molar-refractivity contribution in [3.63, 3.8) is 0 Å². The summed E-state index contributed by atoms with van der Waals surface area (Å²) in [6.45, 7) is 0. The highest BCUT2D eigenvalue weighted by Crippen LogP contribution is 2.44. The van der Waals surface area contributed by atoms with E-state index in [0.29, 0.717) is 0 Å². The molecule has 2 aromatic heterocycles. The van der Waals surface area contributed by atoms with Gasteiger partial charge in [0.15, 0.2) is 0 Å². The van der Waals surface area contributed by atoms with Crippen molar-refractivity contribution in [1.82, 2.24) is 19.6 Å². The Morgan fingerprint density at radius 2 is 0.870 bits per heavy atom. The first-order valence-electron chi connectivity index (χ1n) is 15.3. The van der Waals surface area contributed by atoms with Crippen LogP contribution in [0.25, 0.3) is 87.1 Å². The smallest absolute Gasteiger partial charge is 0.118 e. The van der Waals surface area contributed by atoms with Gasteiger partial charge in [0.1, 0.15) is 22.5 Å². The van der Waals surface area contributed by atoms with Crippen LogP contribution < -0.4 is 9.47 Å². The molecule has 0 aliphatic carbocycles. The number of aromatic nitrogens is 4. The van der Waals surface area contributed by atoms with Crippen molar-refractivity contribution in [3.05, 3.63) is 109 Å². The topological polar surface area (TPSA) is 54.1 Å². The summed E-state index contributed by atoms with van der Waals surface area (Å²) in [5.41, 5.74) is 6.61. The zero-order valence-corrected chi connectivity index (χ0v) is 26.0. The van der Waals surface area contributed by atoms with E-state index in [-0.39, 0.29) is 0 Å². The van der Waals surface area contributed by atoms with Crippen molar-refractivity contribution >= 4 is 64.9 Å². The summed E-state index contributed by atoms with van der Waals surface area (Å²) in [7, 11) is 7.38. The van der Waals surface area contributed by atoms with Crippen LogP contribution >= 0.6 is 0 Å². The molecule has 0 aliphatic heterocycles. The van der Waals surface area contributed by atoms with Gasteiger partial charge >= 0.3 is 0 Å². The lowest BCUT2D eigenvalue weighted by atomic mass is 9.87. The Balaban J connectivity index is 1.45. The Morgan fingerprint density at radius 3 is 1.26 bits per heavy atom. The van der Waals surface area contributed by atoms with Gasteiger partial charge in [0, 0.05) is 48.0 Å². The molecule has 9 aromatic rings. The second-order valence-corrected chi connectivity index (χ2v) is 12.1. The lowest BCUT2D eigenvalue weighted by Gasteiger charge is -2.16.